The summed E-state index contributed by atoms with van der Waals surface area (Å²) >= 11 is 0. The number of hydrogen-bond donors (Lipinski definition) is 3. The van der Waals surface area contributed by atoms with Gasteiger partial charge in [0.15, 0.2) is 0 Å². The zero-order valence-electron chi connectivity index (χ0n) is 15.9. The Morgan fingerprint density at radius 2 is 2.11 bits per heavy atom. The first-order chi connectivity index (χ1) is 13.4. The number of alkyl halides is 2. The number of carbonyl (C=O) groups excluding carboxylic acids is 1. The lowest BCUT2D eigenvalue weighted by molar-refractivity contribution is 0.0765. The van der Waals surface area contributed by atoms with Crippen molar-refractivity contribution >= 4 is 12.1 Å². The maximum Gasteiger partial charge on any atom is 0.279 e. The molecule has 1 amide bonds. The summed E-state index contributed by atoms with van der Waals surface area (Å²) in [5.74, 6) is -0.598. The summed E-state index contributed by atoms with van der Waals surface area (Å²) in [5, 5.41) is 5.76. The Morgan fingerprint density at radius 1 is 1.39 bits per heavy atom. The fourth-order valence-corrected chi connectivity index (χ4v) is 3.38. The fraction of sp³-hybridized carbons (Fsp3) is 0.526. The Labute approximate surface area is 163 Å². The van der Waals surface area contributed by atoms with E-state index in [9.17, 15) is 13.6 Å². The van der Waals surface area contributed by atoms with Crippen molar-refractivity contribution < 1.29 is 13.6 Å². The highest BCUT2D eigenvalue weighted by atomic mass is 19.3. The summed E-state index contributed by atoms with van der Waals surface area (Å²) in [5.41, 5.74) is 5.39. The van der Waals surface area contributed by atoms with Crippen LogP contribution in [0.5, 0.6) is 0 Å². The number of rotatable bonds is 6. The van der Waals surface area contributed by atoms with Gasteiger partial charge in [-0.1, -0.05) is 6.07 Å². The number of aryl methyl sites for hydroxylation is 1. The molecule has 3 rings (SSSR count). The van der Waals surface area contributed by atoms with Gasteiger partial charge >= 0.3 is 0 Å². The third-order valence-corrected chi connectivity index (χ3v) is 5.05. The second kappa shape index (κ2) is 9.20. The van der Waals surface area contributed by atoms with E-state index in [1.165, 1.54) is 12.3 Å². The van der Waals surface area contributed by atoms with Crippen LogP contribution in [0.25, 0.3) is 0 Å². The van der Waals surface area contributed by atoms with E-state index in [-0.39, 0.29) is 17.4 Å². The summed E-state index contributed by atoms with van der Waals surface area (Å²) in [6, 6.07) is 5.51. The van der Waals surface area contributed by atoms with Crippen LogP contribution >= 0.6 is 0 Å². The van der Waals surface area contributed by atoms with Crippen LogP contribution in [-0.2, 0) is 0 Å². The quantitative estimate of drug-likeness (QED) is 0.630. The van der Waals surface area contributed by atoms with Gasteiger partial charge in [0.2, 0.25) is 0 Å². The minimum atomic E-state index is -2.89. The van der Waals surface area contributed by atoms with Crippen LogP contribution in [0.4, 0.5) is 8.78 Å². The minimum absolute atomic E-state index is 0.0179. The van der Waals surface area contributed by atoms with Crippen LogP contribution < -0.4 is 16.4 Å². The topological polar surface area (TPSA) is 95.6 Å². The fourth-order valence-electron chi connectivity index (χ4n) is 3.38. The van der Waals surface area contributed by atoms with Gasteiger partial charge in [-0.05, 0) is 45.0 Å². The van der Waals surface area contributed by atoms with E-state index in [4.69, 9.17) is 5.73 Å². The average Bonchev–Trinajstić information content (AvgIpc) is 2.65. The zero-order chi connectivity index (χ0) is 20.1. The minimum Gasteiger partial charge on any atom is -0.396 e. The van der Waals surface area contributed by atoms with Crippen molar-refractivity contribution in [2.24, 2.45) is 10.7 Å². The lowest BCUT2D eigenvalue weighted by Gasteiger charge is -2.44. The van der Waals surface area contributed by atoms with Gasteiger partial charge in [-0.3, -0.25) is 14.7 Å². The van der Waals surface area contributed by atoms with Crippen molar-refractivity contribution in [2.45, 2.75) is 38.3 Å². The monoisotopic (exact) mass is 392 g/mol. The van der Waals surface area contributed by atoms with Gasteiger partial charge in [0.1, 0.15) is 11.4 Å². The number of pyridine rings is 1. The molecule has 0 radical (unpaired) electrons. The van der Waals surface area contributed by atoms with Crippen molar-refractivity contribution in [3.8, 4) is 0 Å². The lowest BCUT2D eigenvalue weighted by Crippen LogP contribution is -2.57. The number of likely N-dealkylation sites (tertiary alicyclic amines) is 1. The maximum atomic E-state index is 13.1. The number of amides is 1. The number of piperidine rings is 1. The van der Waals surface area contributed by atoms with E-state index in [2.05, 4.69) is 25.5 Å². The van der Waals surface area contributed by atoms with Gasteiger partial charge < -0.3 is 16.4 Å². The molecule has 3 heterocycles. The third kappa shape index (κ3) is 5.11. The molecule has 9 heteroatoms. The predicted octanol–water partition coefficient (Wildman–Crippen LogP) is 1.06. The second-order valence-corrected chi connectivity index (χ2v) is 7.16. The van der Waals surface area contributed by atoms with E-state index in [0.29, 0.717) is 11.7 Å². The van der Waals surface area contributed by atoms with E-state index in [1.54, 1.807) is 19.1 Å². The highest BCUT2D eigenvalue weighted by molar-refractivity contribution is 5.97. The molecule has 1 aromatic rings. The van der Waals surface area contributed by atoms with Crippen LogP contribution in [-0.4, -0.2) is 66.7 Å². The molecule has 0 spiro atoms. The van der Waals surface area contributed by atoms with Crippen LogP contribution in [0, 0.1) is 6.92 Å². The highest BCUT2D eigenvalue weighted by Crippen LogP contribution is 2.21. The molecule has 152 valence electrons. The van der Waals surface area contributed by atoms with Gasteiger partial charge in [0, 0.05) is 31.0 Å². The smallest absolute Gasteiger partial charge is 0.279 e. The first-order valence-electron chi connectivity index (χ1n) is 9.44. The molecule has 28 heavy (non-hydrogen) atoms. The second-order valence-electron chi connectivity index (χ2n) is 7.16. The summed E-state index contributed by atoms with van der Waals surface area (Å²) in [7, 11) is 0. The van der Waals surface area contributed by atoms with Crippen LogP contribution in [0.1, 0.15) is 29.0 Å². The maximum absolute atomic E-state index is 13.1. The average molecular weight is 392 g/mol. The Hall–Kier alpha value is -2.39. The SMILES string of the molecule is Cc1cccc(C(=O)NC(C=NC2CN(C3CCNCC3)C2)=C(N)C(F)F)n1. The summed E-state index contributed by atoms with van der Waals surface area (Å²) < 4.78 is 26.2. The van der Waals surface area contributed by atoms with Gasteiger partial charge in [-0.25, -0.2) is 13.8 Å². The Morgan fingerprint density at radius 3 is 2.75 bits per heavy atom. The molecule has 2 aliphatic rings. The molecule has 0 atom stereocenters. The van der Waals surface area contributed by atoms with Gasteiger partial charge in [-0.15, -0.1) is 0 Å². The molecule has 0 bridgehead atoms. The molecule has 0 unspecified atom stereocenters. The molecular formula is C19H26F2N6O. The number of hydrogen-bond acceptors (Lipinski definition) is 6. The molecule has 0 aromatic carbocycles. The lowest BCUT2D eigenvalue weighted by atomic mass is 9.99. The molecule has 0 aliphatic carbocycles. The van der Waals surface area contributed by atoms with Crippen molar-refractivity contribution in [2.75, 3.05) is 26.2 Å². The predicted molar refractivity (Wildman–Crippen MR) is 103 cm³/mol. The van der Waals surface area contributed by atoms with Gasteiger partial charge in [-0.2, -0.15) is 0 Å². The van der Waals surface area contributed by atoms with Crippen molar-refractivity contribution in [3.05, 3.63) is 41.0 Å². The van der Waals surface area contributed by atoms with Crippen molar-refractivity contribution in [1.82, 2.24) is 20.5 Å². The molecule has 7 nitrogen and oxygen atoms in total. The van der Waals surface area contributed by atoms with Gasteiger partial charge in [0.05, 0.1) is 11.7 Å². The van der Waals surface area contributed by atoms with Crippen LogP contribution in [0.3, 0.4) is 0 Å². The normalized spacial score (nSPS) is 20.3. The Balaban J connectivity index is 1.62. The molecule has 2 aliphatic heterocycles. The number of nitrogens with zero attached hydrogens (tertiary/aromatic N) is 3. The molecule has 2 fully saturated rings. The van der Waals surface area contributed by atoms with E-state index < -0.39 is 18.0 Å². The number of halogens is 2. The molecule has 2 saturated heterocycles. The van der Waals surface area contributed by atoms with E-state index in [1.807, 2.05) is 0 Å². The largest absolute Gasteiger partial charge is 0.396 e. The third-order valence-electron chi connectivity index (χ3n) is 5.05. The van der Waals surface area contributed by atoms with Crippen molar-refractivity contribution in [1.29, 1.82) is 0 Å². The number of nitrogens with one attached hydrogen (secondary N) is 2. The van der Waals surface area contributed by atoms with E-state index >= 15 is 0 Å². The number of allylic oxidation sites excluding steroid dienone is 2. The van der Waals surface area contributed by atoms with Crippen LogP contribution in [0.15, 0.2) is 34.6 Å². The number of aromatic nitrogens is 1. The first kappa shape index (κ1) is 20.3. The number of carbonyl (C=O) groups is 1. The molecule has 0 saturated carbocycles. The Bertz CT molecular complexity index is 755. The summed E-state index contributed by atoms with van der Waals surface area (Å²) in [6.45, 7) is 5.36. The van der Waals surface area contributed by atoms with Gasteiger partial charge in [0.25, 0.3) is 12.3 Å². The molecule has 1 aromatic heterocycles. The number of aliphatic imine (C=N–C) groups is 1. The number of nitrogens with two attached hydrogens (primary N) is 1. The van der Waals surface area contributed by atoms with Crippen LogP contribution in [0.2, 0.25) is 0 Å². The first-order valence-corrected chi connectivity index (χ1v) is 9.44. The van der Waals surface area contributed by atoms with Crippen molar-refractivity contribution in [3.63, 3.8) is 0 Å². The zero-order valence-corrected chi connectivity index (χ0v) is 15.9. The van der Waals surface area contributed by atoms with E-state index in [0.717, 1.165) is 39.0 Å². The molecular weight excluding hydrogens is 366 g/mol. The summed E-state index contributed by atoms with van der Waals surface area (Å²) in [6.07, 6.45) is 0.582. The molecule has 4 N–H and O–H groups in total. The summed E-state index contributed by atoms with van der Waals surface area (Å²) in [4.78, 5) is 23.1. The highest BCUT2D eigenvalue weighted by Gasteiger charge is 2.32. The Kier molecular flexibility index (Phi) is 6.69. The standard InChI is InChI=1S/C19H26F2N6O/c1-12-3-2-4-15(25-12)19(28)26-16(17(22)18(20)21)9-24-13-10-27(11-13)14-5-7-23-8-6-14/h2-4,9,13-14,18,23H,5-8,10-11,22H2,1H3,(H,26,28).